The number of benzene rings is 2. The highest BCUT2D eigenvalue weighted by Gasteiger charge is 2.30. The number of ether oxygens (including phenoxy) is 1. The van der Waals surface area contributed by atoms with Crippen LogP contribution in [-0.4, -0.2) is 38.3 Å². The van der Waals surface area contributed by atoms with E-state index in [0.717, 1.165) is 18.4 Å². The maximum atomic E-state index is 13.0. The van der Waals surface area contributed by atoms with Gasteiger partial charge in [-0.05, 0) is 62.1 Å². The summed E-state index contributed by atoms with van der Waals surface area (Å²) in [5.41, 5.74) is 1.45. The molecule has 1 aliphatic heterocycles. The zero-order valence-corrected chi connectivity index (χ0v) is 17.9. The fourth-order valence-corrected chi connectivity index (χ4v) is 5.06. The molecular formula is C21H25ClN2O4S. The lowest BCUT2D eigenvalue weighted by molar-refractivity contribution is -0.116. The largest absolute Gasteiger partial charge is 0.492 e. The van der Waals surface area contributed by atoms with Crippen LogP contribution >= 0.6 is 11.6 Å². The van der Waals surface area contributed by atoms with Crippen LogP contribution in [0, 0.1) is 0 Å². The van der Waals surface area contributed by atoms with Crippen LogP contribution in [0.3, 0.4) is 0 Å². The van der Waals surface area contributed by atoms with Crippen molar-refractivity contribution in [1.29, 1.82) is 0 Å². The molecule has 0 spiro atoms. The number of carbonyl (C=O) groups is 1. The molecule has 8 heteroatoms. The van der Waals surface area contributed by atoms with Crippen molar-refractivity contribution in [2.24, 2.45) is 0 Å². The third-order valence-corrected chi connectivity index (χ3v) is 6.94. The van der Waals surface area contributed by atoms with Crippen LogP contribution in [0.4, 0.5) is 5.69 Å². The molecule has 1 amide bonds. The quantitative estimate of drug-likeness (QED) is 0.676. The van der Waals surface area contributed by atoms with Gasteiger partial charge in [-0.1, -0.05) is 23.7 Å². The molecule has 1 N–H and O–H groups in total. The minimum Gasteiger partial charge on any atom is -0.492 e. The summed E-state index contributed by atoms with van der Waals surface area (Å²) in [6.45, 7) is 3.17. The van der Waals surface area contributed by atoms with E-state index in [0.29, 0.717) is 42.6 Å². The number of nitrogens with zero attached hydrogens (tertiary/aromatic N) is 1. The highest BCUT2D eigenvalue weighted by molar-refractivity contribution is 7.89. The van der Waals surface area contributed by atoms with Crippen LogP contribution in [0.2, 0.25) is 5.02 Å². The Morgan fingerprint density at radius 3 is 2.48 bits per heavy atom. The van der Waals surface area contributed by atoms with Crippen LogP contribution in [-0.2, 0) is 21.2 Å². The highest BCUT2D eigenvalue weighted by Crippen LogP contribution is 2.31. The molecule has 0 bridgehead atoms. The maximum Gasteiger partial charge on any atom is 0.246 e. The van der Waals surface area contributed by atoms with E-state index in [1.807, 2.05) is 12.1 Å². The summed E-state index contributed by atoms with van der Waals surface area (Å²) < 4.78 is 33.1. The summed E-state index contributed by atoms with van der Waals surface area (Å²) in [6, 6.07) is 12.1. The van der Waals surface area contributed by atoms with Gasteiger partial charge in [0.2, 0.25) is 15.9 Å². The second-order valence-corrected chi connectivity index (χ2v) is 9.22. The summed E-state index contributed by atoms with van der Waals surface area (Å²) in [6.07, 6.45) is 2.55. The Bertz CT molecular complexity index is 955. The number of hydrogen-bond acceptors (Lipinski definition) is 4. The summed E-state index contributed by atoms with van der Waals surface area (Å²) in [5, 5.41) is 3.44. The lowest BCUT2D eigenvalue weighted by Crippen LogP contribution is -2.28. The van der Waals surface area contributed by atoms with Crippen molar-refractivity contribution in [3.05, 3.63) is 53.1 Å². The standard InChI is InChI=1S/C21H25ClN2O4S/c1-2-28-19-11-10-18(15-20(19)29(26,27)24-13-3-4-14-24)23-21(25)12-7-16-5-8-17(22)9-6-16/h5-6,8-11,15H,2-4,7,12-14H2,1H3,(H,23,25). The monoisotopic (exact) mass is 436 g/mol. The first kappa shape index (κ1) is 21.6. The number of anilines is 1. The van der Waals surface area contributed by atoms with E-state index in [-0.39, 0.29) is 17.2 Å². The van der Waals surface area contributed by atoms with Crippen LogP contribution in [0.5, 0.6) is 5.75 Å². The molecule has 0 aliphatic carbocycles. The number of carbonyl (C=O) groups excluding carboxylic acids is 1. The molecule has 0 radical (unpaired) electrons. The number of nitrogens with one attached hydrogen (secondary N) is 1. The summed E-state index contributed by atoms with van der Waals surface area (Å²) in [5.74, 6) is 0.118. The Balaban J connectivity index is 1.73. The highest BCUT2D eigenvalue weighted by atomic mass is 35.5. The van der Waals surface area contributed by atoms with Gasteiger partial charge in [-0.2, -0.15) is 4.31 Å². The van der Waals surface area contributed by atoms with Gasteiger partial charge < -0.3 is 10.1 Å². The van der Waals surface area contributed by atoms with Gasteiger partial charge in [-0.25, -0.2) is 8.42 Å². The Morgan fingerprint density at radius 1 is 1.14 bits per heavy atom. The van der Waals surface area contributed by atoms with Crippen molar-refractivity contribution < 1.29 is 17.9 Å². The van der Waals surface area contributed by atoms with Crippen LogP contribution in [0.25, 0.3) is 0 Å². The molecule has 0 aromatic heterocycles. The van der Waals surface area contributed by atoms with Gasteiger partial charge >= 0.3 is 0 Å². The summed E-state index contributed by atoms with van der Waals surface area (Å²) in [7, 11) is -3.66. The number of aryl methyl sites for hydroxylation is 1. The van der Waals surface area contributed by atoms with Gasteiger partial charge in [-0.3, -0.25) is 4.79 Å². The number of amides is 1. The predicted molar refractivity (Wildman–Crippen MR) is 114 cm³/mol. The van der Waals surface area contributed by atoms with Crippen molar-refractivity contribution in [3.63, 3.8) is 0 Å². The Labute approximate surface area is 176 Å². The van der Waals surface area contributed by atoms with E-state index < -0.39 is 10.0 Å². The Kier molecular flexibility index (Phi) is 7.16. The van der Waals surface area contributed by atoms with E-state index >= 15 is 0 Å². The molecule has 2 aromatic carbocycles. The van der Waals surface area contributed by atoms with Crippen molar-refractivity contribution in [1.82, 2.24) is 4.31 Å². The first-order valence-electron chi connectivity index (χ1n) is 9.71. The van der Waals surface area contributed by atoms with Crippen molar-refractivity contribution >= 4 is 33.2 Å². The lowest BCUT2D eigenvalue weighted by Gasteiger charge is -2.19. The Hall–Kier alpha value is -2.09. The normalized spacial score (nSPS) is 14.7. The minimum absolute atomic E-state index is 0.0942. The molecule has 29 heavy (non-hydrogen) atoms. The first-order valence-corrected chi connectivity index (χ1v) is 11.5. The number of hydrogen-bond donors (Lipinski definition) is 1. The smallest absolute Gasteiger partial charge is 0.246 e. The maximum absolute atomic E-state index is 13.0. The first-order chi connectivity index (χ1) is 13.9. The molecular weight excluding hydrogens is 412 g/mol. The van der Waals surface area contributed by atoms with Gasteiger partial charge in [0.15, 0.2) is 0 Å². The van der Waals surface area contributed by atoms with Gasteiger partial charge in [0.05, 0.1) is 6.61 Å². The minimum atomic E-state index is -3.66. The molecule has 0 atom stereocenters. The van der Waals surface area contributed by atoms with Crippen molar-refractivity contribution in [3.8, 4) is 5.75 Å². The molecule has 1 aliphatic rings. The van der Waals surface area contributed by atoms with Crippen LogP contribution in [0.15, 0.2) is 47.4 Å². The average Bonchev–Trinajstić information content (AvgIpc) is 3.25. The number of rotatable bonds is 8. The van der Waals surface area contributed by atoms with E-state index in [2.05, 4.69) is 5.32 Å². The molecule has 0 saturated carbocycles. The van der Waals surface area contributed by atoms with Gasteiger partial charge in [0.1, 0.15) is 10.6 Å². The molecule has 1 heterocycles. The molecule has 1 saturated heterocycles. The van der Waals surface area contributed by atoms with E-state index in [9.17, 15) is 13.2 Å². The molecule has 6 nitrogen and oxygen atoms in total. The van der Waals surface area contributed by atoms with Crippen LogP contribution < -0.4 is 10.1 Å². The third-order valence-electron chi connectivity index (χ3n) is 4.76. The molecule has 0 unspecified atom stereocenters. The molecule has 2 aromatic rings. The fourth-order valence-electron chi connectivity index (χ4n) is 3.26. The topological polar surface area (TPSA) is 75.7 Å². The Morgan fingerprint density at radius 2 is 1.83 bits per heavy atom. The van der Waals surface area contributed by atoms with Gasteiger partial charge in [0, 0.05) is 30.2 Å². The zero-order valence-electron chi connectivity index (χ0n) is 16.4. The van der Waals surface area contributed by atoms with Crippen molar-refractivity contribution in [2.45, 2.75) is 37.5 Å². The van der Waals surface area contributed by atoms with E-state index in [1.165, 1.54) is 10.4 Å². The zero-order chi connectivity index (χ0) is 20.9. The second-order valence-electron chi connectivity index (χ2n) is 6.88. The number of halogens is 1. The van der Waals surface area contributed by atoms with Gasteiger partial charge in [0.25, 0.3) is 0 Å². The van der Waals surface area contributed by atoms with Crippen molar-refractivity contribution in [2.75, 3.05) is 25.0 Å². The van der Waals surface area contributed by atoms with Crippen LogP contribution in [0.1, 0.15) is 31.7 Å². The van der Waals surface area contributed by atoms with E-state index in [1.54, 1.807) is 31.2 Å². The second kappa shape index (κ2) is 9.61. The lowest BCUT2D eigenvalue weighted by atomic mass is 10.1. The SMILES string of the molecule is CCOc1ccc(NC(=O)CCc2ccc(Cl)cc2)cc1S(=O)(=O)N1CCCC1. The number of sulfonamides is 1. The molecule has 3 rings (SSSR count). The third kappa shape index (κ3) is 5.50. The predicted octanol–water partition coefficient (Wildman–Crippen LogP) is 4.09. The van der Waals surface area contributed by atoms with Gasteiger partial charge in [-0.15, -0.1) is 0 Å². The molecule has 156 valence electrons. The molecule has 1 fully saturated rings. The fraction of sp³-hybridized carbons (Fsp3) is 0.381. The summed E-state index contributed by atoms with van der Waals surface area (Å²) in [4.78, 5) is 12.4. The average molecular weight is 437 g/mol. The van der Waals surface area contributed by atoms with E-state index in [4.69, 9.17) is 16.3 Å². The summed E-state index contributed by atoms with van der Waals surface area (Å²) >= 11 is 5.87.